The second kappa shape index (κ2) is 6.90. The summed E-state index contributed by atoms with van der Waals surface area (Å²) < 4.78 is 5.25. The maximum absolute atomic E-state index is 11.1. The molecule has 1 saturated heterocycles. The maximum Gasteiger partial charge on any atom is 0.318 e. The lowest BCUT2D eigenvalue weighted by atomic mass is 10.2. The minimum absolute atomic E-state index is 0.360. The van der Waals surface area contributed by atoms with E-state index in [1.54, 1.807) is 12.0 Å². The first-order valence-corrected chi connectivity index (χ1v) is 8.12. The molecule has 0 aromatic carbocycles. The van der Waals surface area contributed by atoms with Crippen molar-refractivity contribution < 1.29 is 9.53 Å². The summed E-state index contributed by atoms with van der Waals surface area (Å²) in [7, 11) is 1.57. The fourth-order valence-electron chi connectivity index (χ4n) is 3.27. The second-order valence-corrected chi connectivity index (χ2v) is 5.86. The van der Waals surface area contributed by atoms with Crippen molar-refractivity contribution in [2.24, 2.45) is 0 Å². The Morgan fingerprint density at radius 2 is 1.96 bits per heavy atom. The molecule has 2 aliphatic rings. The van der Waals surface area contributed by atoms with Gasteiger partial charge in [-0.2, -0.15) is 9.97 Å². The third-order valence-corrected chi connectivity index (χ3v) is 4.55. The van der Waals surface area contributed by atoms with Gasteiger partial charge in [-0.05, 0) is 13.0 Å². The van der Waals surface area contributed by atoms with Gasteiger partial charge < -0.3 is 19.4 Å². The van der Waals surface area contributed by atoms with Crippen LogP contribution in [0.4, 0.5) is 5.82 Å². The van der Waals surface area contributed by atoms with Crippen molar-refractivity contribution in [1.29, 1.82) is 0 Å². The highest BCUT2D eigenvalue weighted by Crippen LogP contribution is 2.31. The topological polar surface area (TPSA) is 61.8 Å². The van der Waals surface area contributed by atoms with Gasteiger partial charge in [0.25, 0.3) is 0 Å². The molecule has 0 radical (unpaired) electrons. The Morgan fingerprint density at radius 1 is 1.21 bits per heavy atom. The number of nitrogens with zero attached hydrogens (tertiary/aromatic N) is 5. The van der Waals surface area contributed by atoms with Gasteiger partial charge in [0, 0.05) is 37.4 Å². The van der Waals surface area contributed by atoms with Gasteiger partial charge in [0.2, 0.25) is 6.41 Å². The SMILES string of the molecule is C=C/C(=C/C)N1CCN(c2nc(OC)nc3c2CN(C=O)C3)CC1. The van der Waals surface area contributed by atoms with Crippen LogP contribution in [0.3, 0.4) is 0 Å². The Morgan fingerprint density at radius 3 is 2.54 bits per heavy atom. The first-order valence-electron chi connectivity index (χ1n) is 8.12. The summed E-state index contributed by atoms with van der Waals surface area (Å²) in [6, 6.07) is 0.360. The van der Waals surface area contributed by atoms with Crippen LogP contribution in [0.1, 0.15) is 18.2 Å². The molecular weight excluding hydrogens is 306 g/mol. The van der Waals surface area contributed by atoms with E-state index >= 15 is 0 Å². The molecule has 0 spiro atoms. The molecule has 24 heavy (non-hydrogen) atoms. The van der Waals surface area contributed by atoms with Crippen LogP contribution in [-0.2, 0) is 17.9 Å². The molecule has 1 aromatic rings. The number of aromatic nitrogens is 2. The van der Waals surface area contributed by atoms with E-state index in [1.807, 2.05) is 13.0 Å². The highest BCUT2D eigenvalue weighted by atomic mass is 16.5. The Hall–Kier alpha value is -2.57. The van der Waals surface area contributed by atoms with Crippen molar-refractivity contribution in [3.63, 3.8) is 0 Å². The number of hydrogen-bond donors (Lipinski definition) is 0. The molecule has 0 unspecified atom stereocenters. The molecule has 1 fully saturated rings. The predicted molar refractivity (Wildman–Crippen MR) is 91.6 cm³/mol. The quantitative estimate of drug-likeness (QED) is 0.597. The van der Waals surface area contributed by atoms with Gasteiger partial charge in [-0.3, -0.25) is 4.79 Å². The molecule has 1 aromatic heterocycles. The lowest BCUT2D eigenvalue weighted by Crippen LogP contribution is -2.46. The van der Waals surface area contributed by atoms with Crippen molar-refractivity contribution in [3.8, 4) is 6.01 Å². The van der Waals surface area contributed by atoms with Crippen LogP contribution in [0.25, 0.3) is 0 Å². The van der Waals surface area contributed by atoms with Crippen molar-refractivity contribution >= 4 is 12.2 Å². The van der Waals surface area contributed by atoms with Gasteiger partial charge in [0.05, 0.1) is 25.9 Å². The van der Waals surface area contributed by atoms with Crippen molar-refractivity contribution in [2.75, 3.05) is 38.2 Å². The average molecular weight is 329 g/mol. The van der Waals surface area contributed by atoms with Crippen LogP contribution in [0.15, 0.2) is 24.4 Å². The van der Waals surface area contributed by atoms with Crippen LogP contribution in [0.5, 0.6) is 6.01 Å². The van der Waals surface area contributed by atoms with Crippen molar-refractivity contribution in [1.82, 2.24) is 19.8 Å². The molecule has 0 bridgehead atoms. The van der Waals surface area contributed by atoms with Crippen molar-refractivity contribution in [2.45, 2.75) is 20.0 Å². The zero-order valence-corrected chi connectivity index (χ0v) is 14.2. The van der Waals surface area contributed by atoms with E-state index in [9.17, 15) is 4.79 Å². The molecule has 3 heterocycles. The molecule has 0 saturated carbocycles. The van der Waals surface area contributed by atoms with E-state index in [0.29, 0.717) is 19.1 Å². The predicted octanol–water partition coefficient (Wildman–Crippen LogP) is 1.17. The molecule has 1 amide bonds. The van der Waals surface area contributed by atoms with E-state index in [2.05, 4.69) is 32.4 Å². The summed E-state index contributed by atoms with van der Waals surface area (Å²) in [6.45, 7) is 10.5. The minimum atomic E-state index is 0.360. The van der Waals surface area contributed by atoms with Crippen LogP contribution in [-0.4, -0.2) is 59.5 Å². The van der Waals surface area contributed by atoms with Gasteiger partial charge in [-0.25, -0.2) is 0 Å². The second-order valence-electron chi connectivity index (χ2n) is 5.86. The summed E-state index contributed by atoms with van der Waals surface area (Å²) in [4.78, 5) is 26.4. The van der Waals surface area contributed by atoms with Crippen LogP contribution >= 0.6 is 0 Å². The smallest absolute Gasteiger partial charge is 0.318 e. The molecule has 7 nitrogen and oxygen atoms in total. The maximum atomic E-state index is 11.1. The van der Waals surface area contributed by atoms with E-state index in [1.165, 1.54) is 0 Å². The number of carbonyl (C=O) groups is 1. The van der Waals surface area contributed by atoms with E-state index < -0.39 is 0 Å². The Balaban J connectivity index is 1.82. The molecular formula is C17H23N5O2. The fourth-order valence-corrected chi connectivity index (χ4v) is 3.27. The third-order valence-electron chi connectivity index (χ3n) is 4.55. The Labute approximate surface area is 142 Å². The fraction of sp³-hybridized carbons (Fsp3) is 0.471. The number of rotatable bonds is 5. The molecule has 0 atom stereocenters. The average Bonchev–Trinajstić information content (AvgIpc) is 3.05. The first kappa shape index (κ1) is 16.3. The summed E-state index contributed by atoms with van der Waals surface area (Å²) in [5.41, 5.74) is 3.07. The highest BCUT2D eigenvalue weighted by molar-refractivity contribution is 5.57. The molecule has 0 aliphatic carbocycles. The lowest BCUT2D eigenvalue weighted by Gasteiger charge is -2.37. The number of anilines is 1. The summed E-state index contributed by atoms with van der Waals surface area (Å²) >= 11 is 0. The number of methoxy groups -OCH3 is 1. The number of ether oxygens (including phenoxy) is 1. The number of piperazine rings is 1. The van der Waals surface area contributed by atoms with E-state index in [4.69, 9.17) is 4.74 Å². The van der Waals surface area contributed by atoms with Crippen LogP contribution in [0, 0.1) is 0 Å². The lowest BCUT2D eigenvalue weighted by molar-refractivity contribution is -0.118. The number of fused-ring (bicyclic) bond motifs is 1. The van der Waals surface area contributed by atoms with E-state index in [0.717, 1.165) is 55.4 Å². The normalized spacial score (nSPS) is 17.8. The third kappa shape index (κ3) is 2.93. The van der Waals surface area contributed by atoms with Gasteiger partial charge in [-0.1, -0.05) is 12.7 Å². The number of amides is 1. The number of carbonyl (C=O) groups excluding carboxylic acids is 1. The molecule has 128 valence electrons. The van der Waals surface area contributed by atoms with E-state index in [-0.39, 0.29) is 0 Å². The monoisotopic (exact) mass is 329 g/mol. The van der Waals surface area contributed by atoms with Gasteiger partial charge in [-0.15, -0.1) is 0 Å². The van der Waals surface area contributed by atoms with Gasteiger partial charge >= 0.3 is 6.01 Å². The van der Waals surface area contributed by atoms with Crippen LogP contribution < -0.4 is 9.64 Å². The molecule has 0 N–H and O–H groups in total. The highest BCUT2D eigenvalue weighted by Gasteiger charge is 2.29. The zero-order chi connectivity index (χ0) is 17.1. The number of hydrogen-bond acceptors (Lipinski definition) is 6. The first-order chi connectivity index (χ1) is 11.7. The van der Waals surface area contributed by atoms with Crippen LogP contribution in [0.2, 0.25) is 0 Å². The minimum Gasteiger partial charge on any atom is -0.467 e. The standard InChI is InChI=1S/C17H23N5O2/c1-4-13(5-2)21-6-8-22(9-7-21)16-14-10-20(12-23)11-15(14)18-17(19-16)24-3/h4-5,12H,1,6-11H2,2-3H3/b13-5-. The largest absolute Gasteiger partial charge is 0.467 e. The number of allylic oxidation sites excluding steroid dienone is 2. The Bertz CT molecular complexity index is 665. The zero-order valence-electron chi connectivity index (χ0n) is 14.2. The molecule has 2 aliphatic heterocycles. The van der Waals surface area contributed by atoms with Crippen molar-refractivity contribution in [3.05, 3.63) is 35.7 Å². The summed E-state index contributed by atoms with van der Waals surface area (Å²) in [6.07, 6.45) is 4.83. The summed E-state index contributed by atoms with van der Waals surface area (Å²) in [5, 5.41) is 0. The Kier molecular flexibility index (Phi) is 4.69. The molecule has 3 rings (SSSR count). The van der Waals surface area contributed by atoms with Gasteiger partial charge in [0.15, 0.2) is 0 Å². The molecule has 7 heteroatoms. The summed E-state index contributed by atoms with van der Waals surface area (Å²) in [5.74, 6) is 0.890. The van der Waals surface area contributed by atoms with Gasteiger partial charge in [0.1, 0.15) is 5.82 Å².